The van der Waals surface area contributed by atoms with Gasteiger partial charge in [0.1, 0.15) is 17.2 Å². The van der Waals surface area contributed by atoms with Crippen LogP contribution in [-0.2, 0) is 24.2 Å². The second-order valence-electron chi connectivity index (χ2n) is 8.54. The van der Waals surface area contributed by atoms with Gasteiger partial charge in [0.25, 0.3) is 5.91 Å². The fourth-order valence-corrected chi connectivity index (χ4v) is 4.60. The summed E-state index contributed by atoms with van der Waals surface area (Å²) in [5.41, 5.74) is 9.36. The number of carbonyl (C=O) groups is 1. The lowest BCUT2D eigenvalue weighted by molar-refractivity contribution is -0.116. The molecule has 0 saturated carbocycles. The average Bonchev–Trinajstić information content (AvgIpc) is 3.42. The third-order valence-corrected chi connectivity index (χ3v) is 6.35. The van der Waals surface area contributed by atoms with Gasteiger partial charge in [-0.2, -0.15) is 5.10 Å². The summed E-state index contributed by atoms with van der Waals surface area (Å²) in [7, 11) is 2.18. The van der Waals surface area contributed by atoms with Crippen molar-refractivity contribution in [3.8, 4) is 0 Å². The molecule has 2 aromatic rings. The number of hydrogen-bond acceptors (Lipinski definition) is 6. The van der Waals surface area contributed by atoms with Crippen LogP contribution in [0.1, 0.15) is 46.8 Å². The molecule has 1 aliphatic carbocycles. The van der Waals surface area contributed by atoms with Gasteiger partial charge in [-0.1, -0.05) is 5.16 Å². The number of fused-ring (bicyclic) bond motifs is 1. The topological polar surface area (TPSA) is 89.8 Å². The lowest BCUT2D eigenvalue weighted by Gasteiger charge is -2.32. The van der Waals surface area contributed by atoms with Crippen molar-refractivity contribution < 1.29 is 9.32 Å². The maximum absolute atomic E-state index is 12.6. The van der Waals surface area contributed by atoms with Crippen LogP contribution in [0.3, 0.4) is 0 Å². The Labute approximate surface area is 176 Å². The van der Waals surface area contributed by atoms with Crippen LogP contribution in [0.25, 0.3) is 6.08 Å². The van der Waals surface area contributed by atoms with Gasteiger partial charge in [0.05, 0.1) is 5.57 Å². The minimum absolute atomic E-state index is 0.205. The van der Waals surface area contributed by atoms with E-state index in [0.29, 0.717) is 22.7 Å². The fourth-order valence-electron chi connectivity index (χ4n) is 4.60. The Morgan fingerprint density at radius 3 is 2.77 bits per heavy atom. The number of aromatic amines is 1. The number of hydrazone groups is 1. The predicted molar refractivity (Wildman–Crippen MR) is 114 cm³/mol. The van der Waals surface area contributed by atoms with E-state index >= 15 is 0 Å². The molecule has 3 aliphatic rings. The number of hydrogen-bond donors (Lipinski definition) is 2. The number of rotatable bonds is 4. The quantitative estimate of drug-likeness (QED) is 0.754. The first kappa shape index (κ1) is 19.3. The van der Waals surface area contributed by atoms with Gasteiger partial charge in [0.2, 0.25) is 0 Å². The summed E-state index contributed by atoms with van der Waals surface area (Å²) < 4.78 is 5.19. The van der Waals surface area contributed by atoms with Crippen LogP contribution in [0.2, 0.25) is 0 Å². The molecule has 0 unspecified atom stereocenters. The molecule has 2 aliphatic heterocycles. The standard InChI is InChI=1S/C22H28N6O2/c1-14-11-20(26-30-14)21-16(22(29)25-24-21)12-19-17(13-28-9-7-27(2)8-10-28)15-5-3-4-6-18(15)23-19/h11-12,23H,3-10,13H2,1-2H3,(H,25,29). The summed E-state index contributed by atoms with van der Waals surface area (Å²) in [5, 5.41) is 8.26. The second kappa shape index (κ2) is 7.85. The number of nitrogens with zero attached hydrogens (tertiary/aromatic N) is 4. The van der Waals surface area contributed by atoms with Crippen LogP contribution < -0.4 is 5.43 Å². The molecule has 0 radical (unpaired) electrons. The number of aryl methyl sites for hydroxylation is 2. The third-order valence-electron chi connectivity index (χ3n) is 6.35. The first-order chi connectivity index (χ1) is 14.6. The number of amides is 1. The van der Waals surface area contributed by atoms with Gasteiger partial charge in [0.15, 0.2) is 0 Å². The average molecular weight is 409 g/mol. The van der Waals surface area contributed by atoms with Crippen molar-refractivity contribution in [3.05, 3.63) is 45.6 Å². The van der Waals surface area contributed by atoms with Crippen LogP contribution in [0.4, 0.5) is 0 Å². The number of likely N-dealkylation sites (N-methyl/N-ethyl adjacent to an activating group) is 1. The van der Waals surface area contributed by atoms with Crippen molar-refractivity contribution in [1.82, 2.24) is 25.4 Å². The first-order valence-electron chi connectivity index (χ1n) is 10.8. The van der Waals surface area contributed by atoms with Crippen molar-refractivity contribution in [3.63, 3.8) is 0 Å². The zero-order valence-corrected chi connectivity index (χ0v) is 17.6. The van der Waals surface area contributed by atoms with Crippen LogP contribution in [-0.4, -0.2) is 64.8 Å². The van der Waals surface area contributed by atoms with E-state index in [-0.39, 0.29) is 5.91 Å². The van der Waals surface area contributed by atoms with E-state index in [1.165, 1.54) is 29.7 Å². The Bertz CT molecular complexity index is 1020. The molecule has 0 atom stereocenters. The van der Waals surface area contributed by atoms with Crippen LogP contribution in [0.15, 0.2) is 21.3 Å². The summed E-state index contributed by atoms with van der Waals surface area (Å²) in [4.78, 5) is 21.1. The van der Waals surface area contributed by atoms with Crippen molar-refractivity contribution >= 4 is 17.7 Å². The summed E-state index contributed by atoms with van der Waals surface area (Å²) in [5.74, 6) is 0.487. The highest BCUT2D eigenvalue weighted by atomic mass is 16.5. The molecule has 1 saturated heterocycles. The SMILES string of the molecule is Cc1cc(C2=NNC(=O)C2=Cc2[nH]c3c(c2CN2CCN(C)CC2)CCCC3)no1. The van der Waals surface area contributed by atoms with E-state index in [0.717, 1.165) is 51.3 Å². The van der Waals surface area contributed by atoms with Crippen molar-refractivity contribution in [2.75, 3.05) is 33.2 Å². The Morgan fingerprint density at radius 1 is 1.20 bits per heavy atom. The molecule has 2 N–H and O–H groups in total. The van der Waals surface area contributed by atoms with Gasteiger partial charge in [0, 0.05) is 50.2 Å². The van der Waals surface area contributed by atoms with Gasteiger partial charge in [-0.05, 0) is 56.9 Å². The van der Waals surface area contributed by atoms with E-state index < -0.39 is 0 Å². The Hall–Kier alpha value is -2.71. The normalized spacial score (nSPS) is 21.7. The summed E-state index contributed by atoms with van der Waals surface area (Å²) in [6.45, 7) is 7.06. The largest absolute Gasteiger partial charge is 0.361 e. The molecule has 8 heteroatoms. The third kappa shape index (κ3) is 3.61. The van der Waals surface area contributed by atoms with Crippen molar-refractivity contribution in [1.29, 1.82) is 0 Å². The molecule has 2 aromatic heterocycles. The zero-order chi connectivity index (χ0) is 20.7. The minimum atomic E-state index is -0.205. The van der Waals surface area contributed by atoms with E-state index in [2.05, 4.69) is 37.5 Å². The molecule has 1 fully saturated rings. The smallest absolute Gasteiger partial charge is 0.273 e. The fraction of sp³-hybridized carbons (Fsp3) is 0.500. The molecule has 0 spiro atoms. The van der Waals surface area contributed by atoms with Crippen LogP contribution in [0.5, 0.6) is 0 Å². The molecular formula is C22H28N6O2. The molecule has 30 heavy (non-hydrogen) atoms. The van der Waals surface area contributed by atoms with E-state index in [4.69, 9.17) is 4.52 Å². The number of aromatic nitrogens is 2. The van der Waals surface area contributed by atoms with Gasteiger partial charge in [-0.15, -0.1) is 0 Å². The predicted octanol–water partition coefficient (Wildman–Crippen LogP) is 1.85. The van der Waals surface area contributed by atoms with Gasteiger partial charge in [-0.25, -0.2) is 5.43 Å². The van der Waals surface area contributed by atoms with E-state index in [1.54, 1.807) is 6.07 Å². The number of nitrogens with one attached hydrogen (secondary N) is 2. The summed E-state index contributed by atoms with van der Waals surface area (Å²) in [6, 6.07) is 1.80. The Kier molecular flexibility index (Phi) is 5.04. The Morgan fingerprint density at radius 2 is 2.00 bits per heavy atom. The monoisotopic (exact) mass is 408 g/mol. The van der Waals surface area contributed by atoms with Crippen molar-refractivity contribution in [2.24, 2.45) is 5.10 Å². The first-order valence-corrected chi connectivity index (χ1v) is 10.8. The molecule has 0 bridgehead atoms. The maximum atomic E-state index is 12.6. The van der Waals surface area contributed by atoms with Crippen LogP contribution >= 0.6 is 0 Å². The van der Waals surface area contributed by atoms with Gasteiger partial charge in [-0.3, -0.25) is 9.69 Å². The molecule has 158 valence electrons. The second-order valence-corrected chi connectivity index (χ2v) is 8.54. The Balaban J connectivity index is 1.51. The molecule has 0 aromatic carbocycles. The lowest BCUT2D eigenvalue weighted by Crippen LogP contribution is -2.44. The van der Waals surface area contributed by atoms with Gasteiger partial charge >= 0.3 is 0 Å². The molecule has 1 amide bonds. The number of carbonyl (C=O) groups excluding carboxylic acids is 1. The molecule has 8 nitrogen and oxygen atoms in total. The molecule has 4 heterocycles. The van der Waals surface area contributed by atoms with Crippen molar-refractivity contribution in [2.45, 2.75) is 39.2 Å². The van der Waals surface area contributed by atoms with E-state index in [9.17, 15) is 4.79 Å². The summed E-state index contributed by atoms with van der Waals surface area (Å²) in [6.07, 6.45) is 6.57. The lowest BCUT2D eigenvalue weighted by atomic mass is 9.93. The maximum Gasteiger partial charge on any atom is 0.273 e. The van der Waals surface area contributed by atoms with Gasteiger partial charge < -0.3 is 14.4 Å². The molecular weight excluding hydrogens is 380 g/mol. The highest BCUT2D eigenvalue weighted by Gasteiger charge is 2.29. The summed E-state index contributed by atoms with van der Waals surface area (Å²) >= 11 is 0. The zero-order valence-electron chi connectivity index (χ0n) is 17.6. The van der Waals surface area contributed by atoms with E-state index in [1.807, 2.05) is 13.0 Å². The highest BCUT2D eigenvalue weighted by molar-refractivity contribution is 6.32. The molecule has 5 rings (SSSR count). The highest BCUT2D eigenvalue weighted by Crippen LogP contribution is 2.30. The minimum Gasteiger partial charge on any atom is -0.361 e. The van der Waals surface area contributed by atoms with Crippen LogP contribution in [0, 0.1) is 6.92 Å². The number of H-pyrrole nitrogens is 1. The number of piperazine rings is 1.